The van der Waals surface area contributed by atoms with Crippen molar-refractivity contribution in [3.05, 3.63) is 23.4 Å². The topological polar surface area (TPSA) is 53.4 Å². The van der Waals surface area contributed by atoms with E-state index in [4.69, 9.17) is 5.11 Å². The first-order valence-electron chi connectivity index (χ1n) is 6.22. The minimum Gasteiger partial charge on any atom is -0.478 e. The lowest BCUT2D eigenvalue weighted by atomic mass is 9.90. The molecule has 4 nitrogen and oxygen atoms in total. The van der Waals surface area contributed by atoms with Crippen molar-refractivity contribution in [3.63, 3.8) is 0 Å². The van der Waals surface area contributed by atoms with Gasteiger partial charge in [-0.3, -0.25) is 0 Å². The molecule has 0 aromatic carbocycles. The Kier molecular flexibility index (Phi) is 4.33. The summed E-state index contributed by atoms with van der Waals surface area (Å²) in [6.45, 7) is 9.04. The summed E-state index contributed by atoms with van der Waals surface area (Å²) in [4.78, 5) is 17.7. The number of carboxylic acids is 1. The van der Waals surface area contributed by atoms with Crippen LogP contribution in [0.3, 0.4) is 0 Å². The Morgan fingerprint density at radius 3 is 2.44 bits per heavy atom. The highest BCUT2D eigenvalue weighted by Crippen LogP contribution is 2.24. The van der Waals surface area contributed by atoms with Crippen LogP contribution in [0.2, 0.25) is 0 Å². The standard InChI is InChI=1S/C14H22N2O2/c1-6-7-16(5)12-9-10(13(17)18)8-11(15-12)14(2,3)4/h8-9H,6-7H2,1-5H3,(H,17,18). The molecule has 0 aliphatic heterocycles. The number of aromatic carboxylic acids is 1. The third-order valence-electron chi connectivity index (χ3n) is 2.78. The monoisotopic (exact) mass is 250 g/mol. The maximum Gasteiger partial charge on any atom is 0.335 e. The van der Waals surface area contributed by atoms with Gasteiger partial charge in [-0.15, -0.1) is 0 Å². The first-order valence-corrected chi connectivity index (χ1v) is 6.22. The Bertz CT molecular complexity index is 436. The van der Waals surface area contributed by atoms with Gasteiger partial charge in [0.2, 0.25) is 0 Å². The van der Waals surface area contributed by atoms with E-state index in [0.29, 0.717) is 5.56 Å². The molecule has 100 valence electrons. The Morgan fingerprint density at radius 1 is 1.39 bits per heavy atom. The zero-order valence-electron chi connectivity index (χ0n) is 11.8. The number of hydrogen-bond donors (Lipinski definition) is 1. The third kappa shape index (κ3) is 3.45. The molecule has 0 spiro atoms. The van der Waals surface area contributed by atoms with E-state index in [1.165, 1.54) is 0 Å². The van der Waals surface area contributed by atoms with Gasteiger partial charge in [0.1, 0.15) is 5.82 Å². The predicted molar refractivity (Wildman–Crippen MR) is 73.5 cm³/mol. The van der Waals surface area contributed by atoms with Crippen LogP contribution in [0.15, 0.2) is 12.1 Å². The SMILES string of the molecule is CCCN(C)c1cc(C(=O)O)cc(C(C)(C)C)n1. The van der Waals surface area contributed by atoms with E-state index in [1.807, 2.05) is 32.7 Å². The van der Waals surface area contributed by atoms with Crippen molar-refractivity contribution in [2.45, 2.75) is 39.5 Å². The number of nitrogens with zero attached hydrogens (tertiary/aromatic N) is 2. The number of pyridine rings is 1. The lowest BCUT2D eigenvalue weighted by Crippen LogP contribution is -2.22. The summed E-state index contributed by atoms with van der Waals surface area (Å²) in [5, 5.41) is 9.16. The Balaban J connectivity index is 3.27. The molecule has 1 heterocycles. The van der Waals surface area contributed by atoms with Gasteiger partial charge in [0.15, 0.2) is 0 Å². The normalized spacial score (nSPS) is 11.4. The Hall–Kier alpha value is -1.58. The van der Waals surface area contributed by atoms with Gasteiger partial charge < -0.3 is 10.0 Å². The second-order valence-corrected chi connectivity index (χ2v) is 5.58. The molecule has 1 aromatic rings. The van der Waals surface area contributed by atoms with Gasteiger partial charge >= 0.3 is 5.97 Å². The molecule has 0 saturated carbocycles. The number of anilines is 1. The van der Waals surface area contributed by atoms with E-state index >= 15 is 0 Å². The zero-order valence-corrected chi connectivity index (χ0v) is 11.8. The summed E-state index contributed by atoms with van der Waals surface area (Å²) in [6, 6.07) is 3.29. The molecule has 0 amide bonds. The van der Waals surface area contributed by atoms with Crippen LogP contribution in [0.1, 0.15) is 50.2 Å². The van der Waals surface area contributed by atoms with Crippen LogP contribution in [0.4, 0.5) is 5.82 Å². The predicted octanol–water partition coefficient (Wildman–Crippen LogP) is 2.92. The maximum absolute atomic E-state index is 11.2. The van der Waals surface area contributed by atoms with Gasteiger partial charge in [-0.2, -0.15) is 0 Å². The van der Waals surface area contributed by atoms with Crippen molar-refractivity contribution in [1.82, 2.24) is 4.98 Å². The van der Waals surface area contributed by atoms with E-state index in [-0.39, 0.29) is 5.41 Å². The molecule has 0 unspecified atom stereocenters. The Morgan fingerprint density at radius 2 is 2.00 bits per heavy atom. The number of hydrogen-bond acceptors (Lipinski definition) is 3. The zero-order chi connectivity index (χ0) is 13.9. The number of rotatable bonds is 4. The average Bonchev–Trinajstić information content (AvgIpc) is 2.27. The summed E-state index contributed by atoms with van der Waals surface area (Å²) in [5.41, 5.74) is 0.945. The van der Waals surface area contributed by atoms with Crippen molar-refractivity contribution in [3.8, 4) is 0 Å². The highest BCUT2D eigenvalue weighted by atomic mass is 16.4. The van der Waals surface area contributed by atoms with Crippen LogP contribution in [0.5, 0.6) is 0 Å². The number of carboxylic acid groups (broad SMARTS) is 1. The molecule has 0 aliphatic rings. The summed E-state index contributed by atoms with van der Waals surface area (Å²) in [6.07, 6.45) is 1.00. The quantitative estimate of drug-likeness (QED) is 0.892. The summed E-state index contributed by atoms with van der Waals surface area (Å²) >= 11 is 0. The second-order valence-electron chi connectivity index (χ2n) is 5.58. The lowest BCUT2D eigenvalue weighted by molar-refractivity contribution is 0.0696. The number of aromatic nitrogens is 1. The third-order valence-corrected chi connectivity index (χ3v) is 2.78. The highest BCUT2D eigenvalue weighted by Gasteiger charge is 2.19. The first kappa shape index (κ1) is 14.5. The van der Waals surface area contributed by atoms with Gasteiger partial charge in [0.05, 0.1) is 5.56 Å². The van der Waals surface area contributed by atoms with Gasteiger partial charge in [-0.05, 0) is 18.6 Å². The van der Waals surface area contributed by atoms with Gasteiger partial charge in [-0.1, -0.05) is 27.7 Å². The van der Waals surface area contributed by atoms with Crippen LogP contribution in [-0.4, -0.2) is 29.7 Å². The average molecular weight is 250 g/mol. The molecule has 4 heteroatoms. The summed E-state index contributed by atoms with van der Waals surface area (Å²) in [7, 11) is 1.93. The summed E-state index contributed by atoms with van der Waals surface area (Å²) in [5.74, 6) is -0.185. The molecule has 0 atom stereocenters. The fourth-order valence-corrected chi connectivity index (χ4v) is 1.67. The van der Waals surface area contributed by atoms with Crippen LogP contribution >= 0.6 is 0 Å². The number of carbonyl (C=O) groups is 1. The molecule has 0 radical (unpaired) electrons. The van der Waals surface area contributed by atoms with E-state index in [2.05, 4.69) is 11.9 Å². The smallest absolute Gasteiger partial charge is 0.335 e. The van der Waals surface area contributed by atoms with Crippen molar-refractivity contribution < 1.29 is 9.90 Å². The van der Waals surface area contributed by atoms with Crippen molar-refractivity contribution >= 4 is 11.8 Å². The van der Waals surface area contributed by atoms with E-state index in [9.17, 15) is 4.79 Å². The largest absolute Gasteiger partial charge is 0.478 e. The van der Waals surface area contributed by atoms with Crippen LogP contribution < -0.4 is 4.90 Å². The molecular formula is C14H22N2O2. The minimum absolute atomic E-state index is 0.159. The molecule has 0 aliphatic carbocycles. The molecule has 0 fully saturated rings. The van der Waals surface area contributed by atoms with Crippen molar-refractivity contribution in [2.75, 3.05) is 18.5 Å². The van der Waals surface area contributed by atoms with Crippen LogP contribution in [0.25, 0.3) is 0 Å². The Labute approximate surface area is 109 Å². The molecule has 1 N–H and O–H groups in total. The molecule has 18 heavy (non-hydrogen) atoms. The van der Waals surface area contributed by atoms with Gasteiger partial charge in [0.25, 0.3) is 0 Å². The van der Waals surface area contributed by atoms with E-state index < -0.39 is 5.97 Å². The van der Waals surface area contributed by atoms with E-state index in [1.54, 1.807) is 12.1 Å². The minimum atomic E-state index is -0.908. The first-order chi connectivity index (χ1) is 8.25. The van der Waals surface area contributed by atoms with Gasteiger partial charge in [-0.25, -0.2) is 9.78 Å². The molecule has 1 rings (SSSR count). The van der Waals surface area contributed by atoms with E-state index in [0.717, 1.165) is 24.5 Å². The molecule has 1 aromatic heterocycles. The second kappa shape index (κ2) is 5.38. The van der Waals surface area contributed by atoms with Crippen molar-refractivity contribution in [1.29, 1.82) is 0 Å². The fraction of sp³-hybridized carbons (Fsp3) is 0.571. The maximum atomic E-state index is 11.2. The van der Waals surface area contributed by atoms with Crippen LogP contribution in [0, 0.1) is 0 Å². The van der Waals surface area contributed by atoms with Crippen LogP contribution in [-0.2, 0) is 5.41 Å². The lowest BCUT2D eigenvalue weighted by Gasteiger charge is -2.23. The fourth-order valence-electron chi connectivity index (χ4n) is 1.67. The van der Waals surface area contributed by atoms with Gasteiger partial charge in [0, 0.05) is 24.7 Å². The highest BCUT2D eigenvalue weighted by molar-refractivity contribution is 5.88. The summed E-state index contributed by atoms with van der Waals surface area (Å²) < 4.78 is 0. The van der Waals surface area contributed by atoms with Crippen molar-refractivity contribution in [2.24, 2.45) is 0 Å². The molecular weight excluding hydrogens is 228 g/mol. The molecule has 0 saturated heterocycles. The molecule has 0 bridgehead atoms.